The van der Waals surface area contributed by atoms with Crippen molar-refractivity contribution in [3.05, 3.63) is 35.7 Å². The van der Waals surface area contributed by atoms with Crippen molar-refractivity contribution in [2.45, 2.75) is 36.1 Å². The molecule has 1 aromatic carbocycles. The second kappa shape index (κ2) is 5.89. The highest BCUT2D eigenvalue weighted by Gasteiger charge is 2.62. The molecule has 9 nitrogen and oxygen atoms in total. The van der Waals surface area contributed by atoms with E-state index < -0.39 is 15.6 Å². The molecule has 3 N–H and O–H groups in total. The first-order chi connectivity index (χ1) is 13.8. The first-order valence-corrected chi connectivity index (χ1v) is 10.8. The minimum atomic E-state index is -3.80. The molecule has 0 aliphatic heterocycles. The number of imidazole rings is 1. The van der Waals surface area contributed by atoms with Gasteiger partial charge in [0.2, 0.25) is 10.0 Å². The summed E-state index contributed by atoms with van der Waals surface area (Å²) in [7, 11) is -3.80. The van der Waals surface area contributed by atoms with E-state index >= 15 is 0 Å². The molecule has 3 saturated carbocycles. The molecule has 0 unspecified atom stereocenters. The van der Waals surface area contributed by atoms with E-state index in [1.54, 1.807) is 0 Å². The van der Waals surface area contributed by atoms with Gasteiger partial charge in [0.1, 0.15) is 6.33 Å². The Kier molecular flexibility index (Phi) is 3.71. The molecule has 29 heavy (non-hydrogen) atoms. The van der Waals surface area contributed by atoms with E-state index in [-0.39, 0.29) is 16.1 Å². The summed E-state index contributed by atoms with van der Waals surface area (Å²) in [5.41, 5.74) is 6.24. The van der Waals surface area contributed by atoms with Gasteiger partial charge in [-0.25, -0.2) is 27.6 Å². The number of nitrogens with zero attached hydrogens (tertiary/aromatic N) is 5. The van der Waals surface area contributed by atoms with Crippen LogP contribution in [0.25, 0.3) is 16.9 Å². The molecular weight excluding hydrogens is 414 g/mol. The predicted molar refractivity (Wildman–Crippen MR) is 105 cm³/mol. The Morgan fingerprint density at radius 2 is 2.07 bits per heavy atom. The van der Waals surface area contributed by atoms with E-state index in [1.807, 2.05) is 0 Å². The van der Waals surface area contributed by atoms with Gasteiger partial charge in [0.25, 0.3) is 0 Å². The molecule has 3 fully saturated rings. The Morgan fingerprint density at radius 3 is 2.79 bits per heavy atom. The lowest BCUT2D eigenvalue weighted by molar-refractivity contribution is 0.161. The van der Waals surface area contributed by atoms with Crippen LogP contribution >= 0.6 is 11.6 Å². The van der Waals surface area contributed by atoms with E-state index in [0.29, 0.717) is 41.2 Å². The SMILES string of the molecule is N#CC12CCC(NS(=O)(=O)c3ccc(Cl)c(-c4cnc5c(N)ncnn45)c3)(C1)C2. The van der Waals surface area contributed by atoms with Crippen molar-refractivity contribution in [2.24, 2.45) is 5.41 Å². The average molecular weight is 430 g/mol. The molecule has 6 rings (SSSR count). The molecule has 2 aromatic heterocycles. The van der Waals surface area contributed by atoms with Crippen LogP contribution in [0.5, 0.6) is 0 Å². The third kappa shape index (κ3) is 2.69. The zero-order valence-corrected chi connectivity index (χ0v) is 16.7. The second-order valence-electron chi connectivity index (χ2n) is 7.80. The van der Waals surface area contributed by atoms with Crippen LogP contribution < -0.4 is 10.5 Å². The van der Waals surface area contributed by atoms with Crippen LogP contribution in [0.2, 0.25) is 5.02 Å². The summed E-state index contributed by atoms with van der Waals surface area (Å²) < 4.78 is 30.4. The molecule has 0 saturated heterocycles. The Morgan fingerprint density at radius 1 is 1.28 bits per heavy atom. The maximum Gasteiger partial charge on any atom is 0.241 e. The van der Waals surface area contributed by atoms with Gasteiger partial charge in [-0.2, -0.15) is 10.4 Å². The third-order valence-electron chi connectivity index (χ3n) is 5.88. The van der Waals surface area contributed by atoms with Crippen molar-refractivity contribution in [2.75, 3.05) is 5.73 Å². The van der Waals surface area contributed by atoms with Gasteiger partial charge in [-0.05, 0) is 43.9 Å². The van der Waals surface area contributed by atoms with E-state index in [9.17, 15) is 13.7 Å². The molecule has 0 radical (unpaired) electrons. The number of hydrogen-bond acceptors (Lipinski definition) is 7. The Balaban J connectivity index is 1.53. The molecule has 3 aromatic rings. The van der Waals surface area contributed by atoms with Gasteiger partial charge in [-0.1, -0.05) is 11.6 Å². The van der Waals surface area contributed by atoms with Gasteiger partial charge in [-0.3, -0.25) is 0 Å². The topological polar surface area (TPSA) is 139 Å². The van der Waals surface area contributed by atoms with Crippen molar-refractivity contribution in [1.82, 2.24) is 24.3 Å². The first-order valence-electron chi connectivity index (χ1n) is 8.96. The maximum absolute atomic E-state index is 13.1. The normalized spacial score (nSPS) is 25.7. The van der Waals surface area contributed by atoms with Gasteiger partial charge in [-0.15, -0.1) is 0 Å². The van der Waals surface area contributed by atoms with Crippen LogP contribution in [0.3, 0.4) is 0 Å². The highest BCUT2D eigenvalue weighted by Crippen LogP contribution is 2.61. The fourth-order valence-corrected chi connectivity index (χ4v) is 6.23. The number of sulfonamides is 1. The lowest BCUT2D eigenvalue weighted by atomic mass is 9.66. The van der Waals surface area contributed by atoms with Gasteiger partial charge in [0, 0.05) is 11.1 Å². The summed E-state index contributed by atoms with van der Waals surface area (Å²) in [5, 5.41) is 13.8. The standard InChI is InChI=1S/C18H16ClN7O2S/c19-13-2-1-11(29(27,28)25-18-4-3-17(7-18,8-18)9-20)5-12(13)14-6-22-16-15(21)23-10-24-26(14)16/h1-2,5-6,10,25H,3-4,7-8H2,(H2,21,23,24). The zero-order chi connectivity index (χ0) is 20.4. The number of nitrogens with one attached hydrogen (secondary N) is 1. The summed E-state index contributed by atoms with van der Waals surface area (Å²) in [6.45, 7) is 0. The number of fused-ring (bicyclic) bond motifs is 2. The van der Waals surface area contributed by atoms with E-state index in [0.717, 1.165) is 6.42 Å². The summed E-state index contributed by atoms with van der Waals surface area (Å²) in [4.78, 5) is 8.19. The summed E-state index contributed by atoms with van der Waals surface area (Å²) in [6.07, 6.45) is 5.32. The molecule has 3 aliphatic carbocycles. The van der Waals surface area contributed by atoms with Crippen LogP contribution in [0.4, 0.5) is 5.82 Å². The summed E-state index contributed by atoms with van der Waals surface area (Å²) >= 11 is 6.35. The van der Waals surface area contributed by atoms with E-state index in [2.05, 4.69) is 25.9 Å². The smallest absolute Gasteiger partial charge is 0.241 e. The Labute approximate surface area is 171 Å². The van der Waals surface area contributed by atoms with Gasteiger partial charge in [0.05, 0.1) is 33.3 Å². The fraction of sp³-hybridized carbons (Fsp3) is 0.333. The van der Waals surface area contributed by atoms with Crippen molar-refractivity contribution in [1.29, 1.82) is 5.26 Å². The quantitative estimate of drug-likeness (QED) is 0.647. The monoisotopic (exact) mass is 429 g/mol. The summed E-state index contributed by atoms with van der Waals surface area (Å²) in [5.74, 6) is 0.208. The minimum absolute atomic E-state index is 0.0876. The fourth-order valence-electron chi connectivity index (χ4n) is 4.56. The molecule has 2 bridgehead atoms. The first kappa shape index (κ1) is 18.3. The number of nitrogens with two attached hydrogens (primary N) is 1. The van der Waals surface area contributed by atoms with Crippen LogP contribution in [0.1, 0.15) is 25.7 Å². The van der Waals surface area contributed by atoms with Crippen molar-refractivity contribution in [3.63, 3.8) is 0 Å². The van der Waals surface area contributed by atoms with E-state index in [4.69, 9.17) is 17.3 Å². The number of rotatable bonds is 4. The zero-order valence-electron chi connectivity index (χ0n) is 15.1. The minimum Gasteiger partial charge on any atom is -0.381 e. The molecule has 0 atom stereocenters. The third-order valence-corrected chi connectivity index (χ3v) is 7.78. The number of nitriles is 1. The number of hydrogen-bond donors (Lipinski definition) is 2. The second-order valence-corrected chi connectivity index (χ2v) is 9.89. The number of halogens is 1. The van der Waals surface area contributed by atoms with Crippen LogP contribution in [-0.2, 0) is 10.0 Å². The maximum atomic E-state index is 13.1. The highest BCUT2D eigenvalue weighted by atomic mass is 35.5. The van der Waals surface area contributed by atoms with Crippen LogP contribution in [-0.4, -0.2) is 33.5 Å². The van der Waals surface area contributed by atoms with Crippen molar-refractivity contribution >= 4 is 33.1 Å². The van der Waals surface area contributed by atoms with Crippen LogP contribution in [0.15, 0.2) is 35.6 Å². The molecule has 0 amide bonds. The average Bonchev–Trinajstić information content (AvgIpc) is 3.33. The molecular formula is C18H16ClN7O2S. The van der Waals surface area contributed by atoms with Gasteiger partial charge in [0.15, 0.2) is 11.5 Å². The lowest BCUT2D eigenvalue weighted by Crippen LogP contribution is -2.55. The Hall–Kier alpha value is -2.74. The molecule has 11 heteroatoms. The molecule has 148 valence electrons. The van der Waals surface area contributed by atoms with Crippen molar-refractivity contribution < 1.29 is 8.42 Å². The van der Waals surface area contributed by atoms with E-state index in [1.165, 1.54) is 35.2 Å². The van der Waals surface area contributed by atoms with Crippen molar-refractivity contribution in [3.8, 4) is 17.3 Å². The molecule has 0 spiro atoms. The molecule has 2 heterocycles. The molecule has 3 aliphatic rings. The predicted octanol–water partition coefficient (Wildman–Crippen LogP) is 2.14. The number of benzene rings is 1. The van der Waals surface area contributed by atoms with Crippen LogP contribution in [0, 0.1) is 16.7 Å². The van der Waals surface area contributed by atoms with Gasteiger partial charge < -0.3 is 5.73 Å². The van der Waals surface area contributed by atoms with Gasteiger partial charge >= 0.3 is 0 Å². The highest BCUT2D eigenvalue weighted by molar-refractivity contribution is 7.89. The summed E-state index contributed by atoms with van der Waals surface area (Å²) in [6, 6.07) is 6.81. The Bertz CT molecular complexity index is 1310. The largest absolute Gasteiger partial charge is 0.381 e. The number of aromatic nitrogens is 4. The lowest BCUT2D eigenvalue weighted by Gasteiger charge is -2.43. The number of anilines is 1. The number of nitrogen functional groups attached to an aromatic ring is 1.